The molecule has 1 amide bonds. The Labute approximate surface area is 187 Å². The fourth-order valence-electron chi connectivity index (χ4n) is 3.36. The van der Waals surface area contributed by atoms with Crippen molar-refractivity contribution in [2.45, 2.75) is 20.3 Å². The minimum atomic E-state index is -0.595. The zero-order chi connectivity index (χ0) is 22.9. The zero-order valence-corrected chi connectivity index (χ0v) is 18.6. The Bertz CT molecular complexity index is 1060. The first-order valence-corrected chi connectivity index (χ1v) is 10.6. The third-order valence-corrected chi connectivity index (χ3v) is 5.14. The normalized spacial score (nSPS) is 10.9. The molecule has 0 saturated heterocycles. The van der Waals surface area contributed by atoms with Gasteiger partial charge in [-0.15, -0.1) is 0 Å². The summed E-state index contributed by atoms with van der Waals surface area (Å²) in [6.45, 7) is 7.83. The molecule has 0 saturated carbocycles. The van der Waals surface area contributed by atoms with E-state index >= 15 is 0 Å². The Morgan fingerprint density at radius 2 is 1.88 bits per heavy atom. The molecule has 0 aliphatic carbocycles. The van der Waals surface area contributed by atoms with Gasteiger partial charge in [-0.2, -0.15) is 0 Å². The van der Waals surface area contributed by atoms with Crippen LogP contribution < -0.4 is 19.5 Å². The van der Waals surface area contributed by atoms with E-state index in [0.717, 1.165) is 26.1 Å². The van der Waals surface area contributed by atoms with Crippen LogP contribution in [0.3, 0.4) is 0 Å². The quantitative estimate of drug-likeness (QED) is 0.320. The minimum Gasteiger partial charge on any atom is -0.493 e. The summed E-state index contributed by atoms with van der Waals surface area (Å²) in [6, 6.07) is 9.43. The predicted octanol–water partition coefficient (Wildman–Crippen LogP) is 4.85. The molecular weight excluding hydrogens is 413 g/mol. The van der Waals surface area contributed by atoms with Gasteiger partial charge in [0.25, 0.3) is 0 Å². The number of ether oxygens (including phenoxy) is 3. The van der Waals surface area contributed by atoms with E-state index in [2.05, 4.69) is 29.0 Å². The van der Waals surface area contributed by atoms with Gasteiger partial charge in [0.05, 0.1) is 19.2 Å². The number of halogens is 1. The lowest BCUT2D eigenvalue weighted by Gasteiger charge is -2.18. The Kier molecular flexibility index (Phi) is 8.21. The molecule has 2 aromatic carbocycles. The highest BCUT2D eigenvalue weighted by atomic mass is 19.1. The molecule has 7 nitrogen and oxygen atoms in total. The SMILES string of the molecule is CCN(CC)CCCOc1cc2nccc(Oc3ccc(NC=O)cc3F)c2cc1OC. The van der Waals surface area contributed by atoms with E-state index in [9.17, 15) is 9.18 Å². The average Bonchev–Trinajstić information content (AvgIpc) is 2.80. The molecule has 1 aromatic heterocycles. The van der Waals surface area contributed by atoms with Crippen LogP contribution in [0.25, 0.3) is 10.9 Å². The van der Waals surface area contributed by atoms with E-state index in [1.807, 2.05) is 0 Å². The van der Waals surface area contributed by atoms with E-state index in [4.69, 9.17) is 14.2 Å². The number of hydrogen-bond acceptors (Lipinski definition) is 6. The summed E-state index contributed by atoms with van der Waals surface area (Å²) in [5.41, 5.74) is 0.982. The van der Waals surface area contributed by atoms with Gasteiger partial charge >= 0.3 is 0 Å². The van der Waals surface area contributed by atoms with E-state index in [1.54, 1.807) is 37.6 Å². The van der Waals surface area contributed by atoms with Crippen molar-refractivity contribution in [3.05, 3.63) is 48.4 Å². The molecule has 0 bridgehead atoms. The van der Waals surface area contributed by atoms with E-state index in [1.165, 1.54) is 12.1 Å². The number of fused-ring (bicyclic) bond motifs is 1. The Morgan fingerprint density at radius 1 is 1.06 bits per heavy atom. The van der Waals surface area contributed by atoms with Crippen molar-refractivity contribution in [1.29, 1.82) is 0 Å². The summed E-state index contributed by atoms with van der Waals surface area (Å²) in [4.78, 5) is 17.3. The number of anilines is 1. The Morgan fingerprint density at radius 3 is 2.56 bits per heavy atom. The second kappa shape index (κ2) is 11.3. The van der Waals surface area contributed by atoms with Crippen molar-refractivity contribution in [1.82, 2.24) is 9.88 Å². The van der Waals surface area contributed by atoms with Crippen LogP contribution in [0, 0.1) is 5.82 Å². The molecule has 3 rings (SSSR count). The number of carbonyl (C=O) groups is 1. The van der Waals surface area contributed by atoms with E-state index < -0.39 is 5.82 Å². The van der Waals surface area contributed by atoms with Crippen molar-refractivity contribution in [2.75, 3.05) is 38.7 Å². The topological polar surface area (TPSA) is 72.9 Å². The van der Waals surface area contributed by atoms with E-state index in [0.29, 0.717) is 46.9 Å². The van der Waals surface area contributed by atoms with Crippen molar-refractivity contribution < 1.29 is 23.4 Å². The molecule has 170 valence electrons. The lowest BCUT2D eigenvalue weighted by atomic mass is 10.1. The van der Waals surface area contributed by atoms with Gasteiger partial charge in [-0.3, -0.25) is 9.78 Å². The molecule has 0 unspecified atom stereocenters. The second-order valence-corrected chi connectivity index (χ2v) is 7.07. The Balaban J connectivity index is 1.80. The lowest BCUT2D eigenvalue weighted by molar-refractivity contribution is -0.105. The standard InChI is InChI=1S/C24H28FN3O4/c1-4-28(5-2)11-6-12-31-24-15-20-18(14-23(24)30-3)21(9-10-26-20)32-22-8-7-17(27-16-29)13-19(22)25/h7-10,13-16H,4-6,11-12H2,1-3H3,(H,27,29). The summed E-state index contributed by atoms with van der Waals surface area (Å²) in [7, 11) is 1.57. The maximum atomic E-state index is 14.4. The summed E-state index contributed by atoms with van der Waals surface area (Å²) >= 11 is 0. The predicted molar refractivity (Wildman–Crippen MR) is 122 cm³/mol. The highest BCUT2D eigenvalue weighted by Gasteiger charge is 2.14. The number of pyridine rings is 1. The highest BCUT2D eigenvalue weighted by Crippen LogP contribution is 2.37. The lowest BCUT2D eigenvalue weighted by Crippen LogP contribution is -2.25. The van der Waals surface area contributed by atoms with Crippen molar-refractivity contribution in [3.8, 4) is 23.0 Å². The van der Waals surface area contributed by atoms with Crippen LogP contribution in [0.5, 0.6) is 23.0 Å². The minimum absolute atomic E-state index is 0.0321. The number of benzene rings is 2. The first kappa shape index (κ1) is 23.3. The largest absolute Gasteiger partial charge is 0.493 e. The fraction of sp³-hybridized carbons (Fsp3) is 0.333. The van der Waals surface area contributed by atoms with Gasteiger partial charge in [-0.05, 0) is 43.8 Å². The summed E-state index contributed by atoms with van der Waals surface area (Å²) in [5, 5.41) is 3.07. The number of nitrogens with zero attached hydrogens (tertiary/aromatic N) is 2. The molecule has 32 heavy (non-hydrogen) atoms. The van der Waals surface area contributed by atoms with Crippen LogP contribution >= 0.6 is 0 Å². The van der Waals surface area contributed by atoms with Gasteiger partial charge in [0, 0.05) is 35.9 Å². The molecule has 0 radical (unpaired) electrons. The number of hydrogen-bond donors (Lipinski definition) is 1. The maximum absolute atomic E-state index is 14.4. The van der Waals surface area contributed by atoms with Crippen LogP contribution in [0.4, 0.5) is 10.1 Å². The molecule has 0 atom stereocenters. The molecule has 1 N–H and O–H groups in total. The van der Waals surface area contributed by atoms with Crippen molar-refractivity contribution in [3.63, 3.8) is 0 Å². The number of aromatic nitrogens is 1. The summed E-state index contributed by atoms with van der Waals surface area (Å²) < 4.78 is 31.7. The molecule has 0 aliphatic heterocycles. The first-order chi connectivity index (χ1) is 15.6. The monoisotopic (exact) mass is 441 g/mol. The molecule has 1 heterocycles. The average molecular weight is 442 g/mol. The molecule has 0 spiro atoms. The van der Waals surface area contributed by atoms with Crippen molar-refractivity contribution >= 4 is 23.0 Å². The van der Waals surface area contributed by atoms with Crippen LogP contribution in [-0.4, -0.2) is 49.6 Å². The smallest absolute Gasteiger partial charge is 0.211 e. The fourth-order valence-corrected chi connectivity index (χ4v) is 3.36. The molecule has 8 heteroatoms. The molecular formula is C24H28FN3O4. The van der Waals surface area contributed by atoms with Gasteiger partial charge in [-0.1, -0.05) is 13.8 Å². The third-order valence-electron chi connectivity index (χ3n) is 5.14. The third kappa shape index (κ3) is 5.64. The maximum Gasteiger partial charge on any atom is 0.211 e. The molecule has 0 fully saturated rings. The summed E-state index contributed by atoms with van der Waals surface area (Å²) in [5.74, 6) is 1.01. The Hall–Kier alpha value is -3.39. The zero-order valence-electron chi connectivity index (χ0n) is 18.6. The number of methoxy groups -OCH3 is 1. The second-order valence-electron chi connectivity index (χ2n) is 7.07. The van der Waals surface area contributed by atoms with Crippen LogP contribution in [0.2, 0.25) is 0 Å². The van der Waals surface area contributed by atoms with E-state index in [-0.39, 0.29) is 5.75 Å². The molecule has 0 aliphatic rings. The summed E-state index contributed by atoms with van der Waals surface area (Å²) in [6.07, 6.45) is 2.98. The van der Waals surface area contributed by atoms with Crippen molar-refractivity contribution in [2.24, 2.45) is 0 Å². The molecule has 3 aromatic rings. The number of rotatable bonds is 12. The van der Waals surface area contributed by atoms with Gasteiger partial charge in [0.1, 0.15) is 5.75 Å². The van der Waals surface area contributed by atoms with Gasteiger partial charge < -0.3 is 24.4 Å². The van der Waals surface area contributed by atoms with Gasteiger partial charge in [0.2, 0.25) is 6.41 Å². The number of amides is 1. The van der Waals surface area contributed by atoms with Gasteiger partial charge in [-0.25, -0.2) is 4.39 Å². The van der Waals surface area contributed by atoms with Crippen LogP contribution in [-0.2, 0) is 4.79 Å². The first-order valence-electron chi connectivity index (χ1n) is 10.6. The van der Waals surface area contributed by atoms with Crippen LogP contribution in [0.15, 0.2) is 42.6 Å². The van der Waals surface area contributed by atoms with Crippen LogP contribution in [0.1, 0.15) is 20.3 Å². The highest BCUT2D eigenvalue weighted by molar-refractivity contribution is 5.88. The number of carbonyl (C=O) groups excluding carboxylic acids is 1. The number of nitrogens with one attached hydrogen (secondary N) is 1. The van der Waals surface area contributed by atoms with Gasteiger partial charge in [0.15, 0.2) is 23.1 Å².